The number of likely N-dealkylation sites (tertiary alicyclic amines) is 1. The Morgan fingerprint density at radius 2 is 1.95 bits per heavy atom. The van der Waals surface area contributed by atoms with Crippen molar-refractivity contribution in [1.29, 1.82) is 0 Å². The molecule has 1 aliphatic heterocycles. The van der Waals surface area contributed by atoms with Crippen LogP contribution in [-0.4, -0.2) is 37.2 Å². The van der Waals surface area contributed by atoms with Crippen molar-refractivity contribution >= 4 is 0 Å². The zero-order valence-corrected chi connectivity index (χ0v) is 11.9. The molecule has 0 amide bonds. The summed E-state index contributed by atoms with van der Waals surface area (Å²) in [5.41, 5.74) is 7.19. The molecule has 1 aromatic rings. The fraction of sp³-hybridized carbons (Fsp3) is 0.625. The van der Waals surface area contributed by atoms with Crippen LogP contribution in [0, 0.1) is 0 Å². The lowest BCUT2D eigenvalue weighted by molar-refractivity contribution is 0.00288. The first-order valence-corrected chi connectivity index (χ1v) is 7.45. The van der Waals surface area contributed by atoms with E-state index < -0.39 is 0 Å². The molecular weight excluding hydrogens is 236 g/mol. The zero-order chi connectivity index (χ0) is 13.5. The highest BCUT2D eigenvalue weighted by Gasteiger charge is 2.25. The first-order valence-electron chi connectivity index (χ1n) is 7.45. The summed E-state index contributed by atoms with van der Waals surface area (Å²) in [6, 6.07) is 11.2. The predicted molar refractivity (Wildman–Crippen MR) is 79.1 cm³/mol. The molecule has 3 heteroatoms. The molecule has 1 heterocycles. The molecule has 1 unspecified atom stereocenters. The molecule has 0 saturated carbocycles. The quantitative estimate of drug-likeness (QED) is 0.856. The van der Waals surface area contributed by atoms with Gasteiger partial charge in [0.25, 0.3) is 0 Å². The van der Waals surface area contributed by atoms with Gasteiger partial charge in [-0.1, -0.05) is 30.3 Å². The third kappa shape index (κ3) is 4.03. The summed E-state index contributed by atoms with van der Waals surface area (Å²) in [6.45, 7) is 5.88. The summed E-state index contributed by atoms with van der Waals surface area (Å²) in [5.74, 6) is 0. The van der Waals surface area contributed by atoms with Crippen molar-refractivity contribution in [3.63, 3.8) is 0 Å². The Morgan fingerprint density at radius 1 is 1.26 bits per heavy atom. The molecule has 106 valence electrons. The molecule has 0 spiro atoms. The van der Waals surface area contributed by atoms with Gasteiger partial charge in [0.1, 0.15) is 0 Å². The van der Waals surface area contributed by atoms with E-state index in [1.807, 2.05) is 0 Å². The second-order valence-corrected chi connectivity index (χ2v) is 5.19. The average molecular weight is 262 g/mol. The van der Waals surface area contributed by atoms with E-state index in [9.17, 15) is 0 Å². The molecule has 1 saturated heterocycles. The monoisotopic (exact) mass is 262 g/mol. The van der Waals surface area contributed by atoms with Crippen LogP contribution in [0.15, 0.2) is 30.3 Å². The topological polar surface area (TPSA) is 38.5 Å². The van der Waals surface area contributed by atoms with Crippen LogP contribution in [0.3, 0.4) is 0 Å². The van der Waals surface area contributed by atoms with Crippen LogP contribution in [-0.2, 0) is 4.74 Å². The zero-order valence-electron chi connectivity index (χ0n) is 11.9. The van der Waals surface area contributed by atoms with Gasteiger partial charge in [-0.25, -0.2) is 0 Å². The third-order valence-electron chi connectivity index (χ3n) is 3.94. The standard InChI is InChI=1S/C16H26N2O/c1-2-19-15-9-12-18(13-10-15)16(8-11-17)14-6-4-3-5-7-14/h3-7,15-16H,2,8-13,17H2,1H3. The van der Waals surface area contributed by atoms with Crippen molar-refractivity contribution in [2.45, 2.75) is 38.3 Å². The minimum absolute atomic E-state index is 0.454. The van der Waals surface area contributed by atoms with Crippen LogP contribution >= 0.6 is 0 Å². The predicted octanol–water partition coefficient (Wildman–Crippen LogP) is 2.58. The van der Waals surface area contributed by atoms with Crippen molar-refractivity contribution < 1.29 is 4.74 Å². The molecule has 3 nitrogen and oxygen atoms in total. The van der Waals surface area contributed by atoms with Crippen LogP contribution < -0.4 is 5.73 Å². The molecule has 1 atom stereocenters. The number of benzene rings is 1. The molecule has 1 aliphatic rings. The molecule has 2 rings (SSSR count). The number of nitrogens with two attached hydrogens (primary N) is 1. The molecule has 1 aromatic carbocycles. The van der Waals surface area contributed by atoms with Gasteiger partial charge in [-0.05, 0) is 38.3 Å². The fourth-order valence-electron chi connectivity index (χ4n) is 2.98. The van der Waals surface area contributed by atoms with E-state index in [1.165, 1.54) is 5.56 Å². The fourth-order valence-corrected chi connectivity index (χ4v) is 2.98. The summed E-state index contributed by atoms with van der Waals surface area (Å²) in [7, 11) is 0. The van der Waals surface area contributed by atoms with E-state index in [0.717, 1.165) is 45.5 Å². The van der Waals surface area contributed by atoms with Crippen LogP contribution in [0.2, 0.25) is 0 Å². The minimum Gasteiger partial charge on any atom is -0.378 e. The molecule has 0 aromatic heterocycles. The maximum atomic E-state index is 5.80. The van der Waals surface area contributed by atoms with Gasteiger partial charge >= 0.3 is 0 Å². The van der Waals surface area contributed by atoms with Gasteiger partial charge in [-0.15, -0.1) is 0 Å². The Hall–Kier alpha value is -0.900. The van der Waals surface area contributed by atoms with E-state index in [4.69, 9.17) is 10.5 Å². The van der Waals surface area contributed by atoms with Crippen molar-refractivity contribution in [2.24, 2.45) is 5.73 Å². The summed E-state index contributed by atoms with van der Waals surface area (Å²) < 4.78 is 5.73. The van der Waals surface area contributed by atoms with Gasteiger partial charge in [0.2, 0.25) is 0 Å². The largest absolute Gasteiger partial charge is 0.378 e. The van der Waals surface area contributed by atoms with Gasteiger partial charge in [0.05, 0.1) is 6.10 Å². The smallest absolute Gasteiger partial charge is 0.0599 e. The minimum atomic E-state index is 0.454. The maximum absolute atomic E-state index is 5.80. The van der Waals surface area contributed by atoms with Gasteiger partial charge in [0, 0.05) is 25.7 Å². The Bertz CT molecular complexity index is 347. The van der Waals surface area contributed by atoms with Crippen molar-refractivity contribution in [2.75, 3.05) is 26.2 Å². The first kappa shape index (κ1) is 14.5. The lowest BCUT2D eigenvalue weighted by Gasteiger charge is -2.37. The van der Waals surface area contributed by atoms with E-state index in [1.54, 1.807) is 0 Å². The van der Waals surface area contributed by atoms with E-state index in [0.29, 0.717) is 12.1 Å². The van der Waals surface area contributed by atoms with Gasteiger partial charge in [0.15, 0.2) is 0 Å². The highest BCUT2D eigenvalue weighted by molar-refractivity contribution is 5.19. The normalized spacial score (nSPS) is 19.5. The molecular formula is C16H26N2O. The summed E-state index contributed by atoms with van der Waals surface area (Å²) in [5, 5.41) is 0. The molecule has 19 heavy (non-hydrogen) atoms. The Kier molecular flexibility index (Phi) is 5.83. The second kappa shape index (κ2) is 7.63. The molecule has 0 aliphatic carbocycles. The molecule has 0 radical (unpaired) electrons. The highest BCUT2D eigenvalue weighted by atomic mass is 16.5. The van der Waals surface area contributed by atoms with Crippen LogP contribution in [0.25, 0.3) is 0 Å². The lowest BCUT2D eigenvalue weighted by atomic mass is 9.98. The first-order chi connectivity index (χ1) is 9.35. The summed E-state index contributed by atoms with van der Waals surface area (Å²) in [6.07, 6.45) is 3.77. The molecule has 1 fully saturated rings. The molecule has 2 N–H and O–H groups in total. The average Bonchev–Trinajstić information content (AvgIpc) is 2.47. The number of piperidine rings is 1. The second-order valence-electron chi connectivity index (χ2n) is 5.19. The van der Waals surface area contributed by atoms with Crippen LogP contribution in [0.5, 0.6) is 0 Å². The Balaban J connectivity index is 1.97. The van der Waals surface area contributed by atoms with E-state index >= 15 is 0 Å². The van der Waals surface area contributed by atoms with Crippen LogP contribution in [0.4, 0.5) is 0 Å². The van der Waals surface area contributed by atoms with Gasteiger partial charge in [-0.2, -0.15) is 0 Å². The summed E-state index contributed by atoms with van der Waals surface area (Å²) in [4.78, 5) is 2.57. The number of hydrogen-bond acceptors (Lipinski definition) is 3. The van der Waals surface area contributed by atoms with Crippen LogP contribution in [0.1, 0.15) is 37.8 Å². The maximum Gasteiger partial charge on any atom is 0.0599 e. The number of ether oxygens (including phenoxy) is 1. The van der Waals surface area contributed by atoms with Crippen molar-refractivity contribution in [1.82, 2.24) is 4.90 Å². The van der Waals surface area contributed by atoms with E-state index in [-0.39, 0.29) is 0 Å². The molecule has 0 bridgehead atoms. The lowest BCUT2D eigenvalue weighted by Crippen LogP contribution is -2.40. The number of nitrogens with zero attached hydrogens (tertiary/aromatic N) is 1. The third-order valence-corrected chi connectivity index (χ3v) is 3.94. The van der Waals surface area contributed by atoms with E-state index in [2.05, 4.69) is 42.2 Å². The van der Waals surface area contributed by atoms with Gasteiger partial charge < -0.3 is 10.5 Å². The van der Waals surface area contributed by atoms with Gasteiger partial charge in [-0.3, -0.25) is 4.90 Å². The number of hydrogen-bond donors (Lipinski definition) is 1. The Labute approximate surface area is 116 Å². The Morgan fingerprint density at radius 3 is 2.53 bits per heavy atom. The SMILES string of the molecule is CCOC1CCN(C(CCN)c2ccccc2)CC1. The van der Waals surface area contributed by atoms with Crippen molar-refractivity contribution in [3.8, 4) is 0 Å². The van der Waals surface area contributed by atoms with Crippen molar-refractivity contribution in [3.05, 3.63) is 35.9 Å². The highest BCUT2D eigenvalue weighted by Crippen LogP contribution is 2.27. The number of rotatable bonds is 6. The summed E-state index contributed by atoms with van der Waals surface area (Å²) >= 11 is 0.